The number of rotatable bonds is 3. The summed E-state index contributed by atoms with van der Waals surface area (Å²) in [6, 6.07) is 10.6. The molecule has 4 heteroatoms. The van der Waals surface area contributed by atoms with E-state index in [4.69, 9.17) is 5.73 Å². The number of phenolic OH excluding ortho intramolecular Hbond substituents is 1. The zero-order chi connectivity index (χ0) is 12.3. The van der Waals surface area contributed by atoms with Crippen LogP contribution in [0.4, 0.5) is 5.69 Å². The lowest BCUT2D eigenvalue weighted by atomic mass is 10.1. The number of carbonyl (C=O) groups excluding carboxylic acids is 1. The van der Waals surface area contributed by atoms with E-state index >= 15 is 0 Å². The number of fused-ring (bicyclic) bond motifs is 1. The van der Waals surface area contributed by atoms with Crippen molar-refractivity contribution in [1.29, 1.82) is 0 Å². The van der Waals surface area contributed by atoms with Crippen LogP contribution in [0.25, 0.3) is 10.8 Å². The molecule has 0 fully saturated rings. The molecule has 0 aromatic heterocycles. The van der Waals surface area contributed by atoms with Gasteiger partial charge in [-0.15, -0.1) is 0 Å². The summed E-state index contributed by atoms with van der Waals surface area (Å²) in [5.74, 6) is 0.0840. The van der Waals surface area contributed by atoms with E-state index in [1.165, 1.54) is 0 Å². The highest BCUT2D eigenvalue weighted by molar-refractivity contribution is 6.03. The fraction of sp³-hybridized carbons (Fsp3) is 0.154. The molecule has 0 aliphatic carbocycles. The van der Waals surface area contributed by atoms with Crippen LogP contribution in [0.2, 0.25) is 0 Å². The molecule has 0 radical (unpaired) electrons. The molecule has 0 unspecified atom stereocenters. The van der Waals surface area contributed by atoms with Crippen molar-refractivity contribution in [3.05, 3.63) is 36.4 Å². The molecule has 0 aliphatic heterocycles. The van der Waals surface area contributed by atoms with Crippen LogP contribution in [0, 0.1) is 0 Å². The van der Waals surface area contributed by atoms with Gasteiger partial charge < -0.3 is 16.2 Å². The van der Waals surface area contributed by atoms with Gasteiger partial charge in [0.05, 0.1) is 0 Å². The molecule has 0 spiro atoms. The third kappa shape index (κ3) is 2.37. The molecule has 2 aromatic rings. The van der Waals surface area contributed by atoms with Gasteiger partial charge in [-0.2, -0.15) is 0 Å². The molecule has 0 heterocycles. The summed E-state index contributed by atoms with van der Waals surface area (Å²) >= 11 is 0. The maximum Gasteiger partial charge on any atom is 0.225 e. The van der Waals surface area contributed by atoms with Gasteiger partial charge in [0.2, 0.25) is 5.91 Å². The normalized spacial score (nSPS) is 10.4. The van der Waals surface area contributed by atoms with Gasteiger partial charge in [0.1, 0.15) is 5.75 Å². The lowest BCUT2D eigenvalue weighted by Gasteiger charge is -2.09. The van der Waals surface area contributed by atoms with E-state index in [1.807, 2.05) is 12.1 Å². The smallest absolute Gasteiger partial charge is 0.225 e. The molecule has 0 saturated heterocycles. The molecule has 4 N–H and O–H groups in total. The number of carbonyl (C=O) groups is 1. The van der Waals surface area contributed by atoms with Crippen LogP contribution in [0.5, 0.6) is 5.75 Å². The SMILES string of the molecule is NCCC(=O)Nc1cccc2c(O)cccc12. The van der Waals surface area contributed by atoms with Crippen LogP contribution >= 0.6 is 0 Å². The highest BCUT2D eigenvalue weighted by Crippen LogP contribution is 2.29. The Bertz CT molecular complexity index is 552. The quantitative estimate of drug-likeness (QED) is 0.753. The number of nitrogens with two attached hydrogens (primary N) is 1. The third-order valence-electron chi connectivity index (χ3n) is 2.54. The van der Waals surface area contributed by atoms with E-state index < -0.39 is 0 Å². The van der Waals surface area contributed by atoms with Crippen LogP contribution < -0.4 is 11.1 Å². The van der Waals surface area contributed by atoms with Crippen LogP contribution in [0.1, 0.15) is 6.42 Å². The molecular weight excluding hydrogens is 216 g/mol. The Balaban J connectivity index is 2.41. The number of hydrogen-bond donors (Lipinski definition) is 3. The molecule has 0 atom stereocenters. The second kappa shape index (κ2) is 4.84. The fourth-order valence-corrected chi connectivity index (χ4v) is 1.75. The first-order valence-corrected chi connectivity index (χ1v) is 5.43. The average molecular weight is 230 g/mol. The van der Waals surface area contributed by atoms with E-state index in [9.17, 15) is 9.90 Å². The molecule has 17 heavy (non-hydrogen) atoms. The van der Waals surface area contributed by atoms with Crippen molar-refractivity contribution >= 4 is 22.4 Å². The monoisotopic (exact) mass is 230 g/mol. The van der Waals surface area contributed by atoms with Crippen molar-refractivity contribution in [3.8, 4) is 5.75 Å². The average Bonchev–Trinajstić information content (AvgIpc) is 2.31. The van der Waals surface area contributed by atoms with E-state index in [2.05, 4.69) is 5.32 Å². The van der Waals surface area contributed by atoms with Crippen LogP contribution in [0.3, 0.4) is 0 Å². The van der Waals surface area contributed by atoms with Crippen LogP contribution in [0.15, 0.2) is 36.4 Å². The van der Waals surface area contributed by atoms with Gasteiger partial charge in [-0.3, -0.25) is 4.79 Å². The predicted octanol–water partition coefficient (Wildman–Crippen LogP) is 1.83. The lowest BCUT2D eigenvalue weighted by Crippen LogP contribution is -2.16. The zero-order valence-electron chi connectivity index (χ0n) is 9.31. The molecule has 88 valence electrons. The van der Waals surface area contributed by atoms with E-state index in [1.54, 1.807) is 24.3 Å². The minimum absolute atomic E-state index is 0.122. The van der Waals surface area contributed by atoms with Crippen molar-refractivity contribution < 1.29 is 9.90 Å². The fourth-order valence-electron chi connectivity index (χ4n) is 1.75. The Morgan fingerprint density at radius 2 is 1.88 bits per heavy atom. The van der Waals surface area contributed by atoms with Crippen molar-refractivity contribution in [2.45, 2.75) is 6.42 Å². The summed E-state index contributed by atoms with van der Waals surface area (Å²) < 4.78 is 0. The maximum atomic E-state index is 11.5. The van der Waals surface area contributed by atoms with Gasteiger partial charge in [-0.1, -0.05) is 24.3 Å². The Labute approximate surface area is 99.1 Å². The highest BCUT2D eigenvalue weighted by atomic mass is 16.3. The van der Waals surface area contributed by atoms with E-state index in [0.717, 1.165) is 10.8 Å². The summed E-state index contributed by atoms with van der Waals surface area (Å²) in [4.78, 5) is 11.5. The van der Waals surface area contributed by atoms with Gasteiger partial charge in [0.15, 0.2) is 0 Å². The van der Waals surface area contributed by atoms with E-state index in [-0.39, 0.29) is 18.1 Å². The van der Waals surface area contributed by atoms with Gasteiger partial charge in [-0.25, -0.2) is 0 Å². The summed E-state index contributed by atoms with van der Waals surface area (Å²) in [6.45, 7) is 0.321. The van der Waals surface area contributed by atoms with Crippen molar-refractivity contribution in [2.24, 2.45) is 5.73 Å². The van der Waals surface area contributed by atoms with E-state index in [0.29, 0.717) is 12.2 Å². The summed E-state index contributed by atoms with van der Waals surface area (Å²) in [6.07, 6.45) is 0.287. The van der Waals surface area contributed by atoms with Gasteiger partial charge >= 0.3 is 0 Å². The first-order chi connectivity index (χ1) is 8.22. The second-order valence-corrected chi connectivity index (χ2v) is 3.76. The summed E-state index contributed by atoms with van der Waals surface area (Å²) in [5, 5.41) is 14.0. The third-order valence-corrected chi connectivity index (χ3v) is 2.54. The Morgan fingerprint density at radius 1 is 1.18 bits per heavy atom. The standard InChI is InChI=1S/C13H14N2O2/c14-8-7-13(17)15-11-5-1-4-10-9(11)3-2-6-12(10)16/h1-6,16H,7-8,14H2,(H,15,17). The Kier molecular flexibility index (Phi) is 3.25. The van der Waals surface area contributed by atoms with Crippen LogP contribution in [-0.2, 0) is 4.79 Å². The number of benzene rings is 2. The lowest BCUT2D eigenvalue weighted by molar-refractivity contribution is -0.116. The maximum absolute atomic E-state index is 11.5. The van der Waals surface area contributed by atoms with Crippen molar-refractivity contribution in [2.75, 3.05) is 11.9 Å². The molecule has 0 saturated carbocycles. The Morgan fingerprint density at radius 3 is 2.65 bits per heavy atom. The molecule has 4 nitrogen and oxygen atoms in total. The molecule has 2 aromatic carbocycles. The number of nitrogens with one attached hydrogen (secondary N) is 1. The number of phenols is 1. The zero-order valence-corrected chi connectivity index (χ0v) is 9.31. The summed E-state index contributed by atoms with van der Waals surface area (Å²) in [7, 11) is 0. The van der Waals surface area contributed by atoms with Gasteiger partial charge in [-0.05, 0) is 12.1 Å². The molecule has 1 amide bonds. The molecule has 0 aliphatic rings. The largest absolute Gasteiger partial charge is 0.507 e. The highest BCUT2D eigenvalue weighted by Gasteiger charge is 2.06. The van der Waals surface area contributed by atoms with Crippen molar-refractivity contribution in [1.82, 2.24) is 0 Å². The van der Waals surface area contributed by atoms with Gasteiger partial charge in [0.25, 0.3) is 0 Å². The molecular formula is C13H14N2O2. The molecule has 0 bridgehead atoms. The molecule has 2 rings (SSSR count). The van der Waals surface area contributed by atoms with Crippen molar-refractivity contribution in [3.63, 3.8) is 0 Å². The Hall–Kier alpha value is -2.07. The number of hydrogen-bond acceptors (Lipinski definition) is 3. The topological polar surface area (TPSA) is 75.4 Å². The minimum Gasteiger partial charge on any atom is -0.507 e. The minimum atomic E-state index is -0.122. The summed E-state index contributed by atoms with van der Waals surface area (Å²) in [5.41, 5.74) is 6.01. The van der Waals surface area contributed by atoms with Crippen LogP contribution in [-0.4, -0.2) is 17.6 Å². The first-order valence-electron chi connectivity index (χ1n) is 5.43. The number of anilines is 1. The second-order valence-electron chi connectivity index (χ2n) is 3.76. The predicted molar refractivity (Wildman–Crippen MR) is 67.9 cm³/mol. The van der Waals surface area contributed by atoms with Gasteiger partial charge in [0, 0.05) is 29.4 Å². The number of aromatic hydroxyl groups is 1. The first kappa shape index (κ1) is 11.4. The number of amides is 1.